The van der Waals surface area contributed by atoms with Gasteiger partial charge in [-0.15, -0.1) is 10.2 Å². The third-order valence-electron chi connectivity index (χ3n) is 1.64. The zero-order chi connectivity index (χ0) is 10.9. The minimum atomic E-state index is -4.48. The van der Waals surface area contributed by atoms with Crippen LogP contribution >= 0.6 is 0 Å². The first-order valence-corrected chi connectivity index (χ1v) is 3.87. The SMILES string of the molecule is FC(F)(F)c1ccc(-c2cnco2)nn1. The van der Waals surface area contributed by atoms with E-state index in [1.54, 1.807) is 0 Å². The maximum Gasteiger partial charge on any atom is 0.435 e. The summed E-state index contributed by atoms with van der Waals surface area (Å²) in [5.41, 5.74) is -0.828. The van der Waals surface area contributed by atoms with Gasteiger partial charge in [0.05, 0.1) is 6.20 Å². The summed E-state index contributed by atoms with van der Waals surface area (Å²) in [6.45, 7) is 0. The lowest BCUT2D eigenvalue weighted by Crippen LogP contribution is -2.08. The zero-order valence-corrected chi connectivity index (χ0v) is 7.19. The van der Waals surface area contributed by atoms with Crippen LogP contribution in [0.3, 0.4) is 0 Å². The molecule has 0 aliphatic rings. The van der Waals surface area contributed by atoms with E-state index < -0.39 is 11.9 Å². The molecule has 2 rings (SSSR count). The molecule has 0 aliphatic carbocycles. The van der Waals surface area contributed by atoms with Crippen LogP contribution in [0.2, 0.25) is 0 Å². The van der Waals surface area contributed by atoms with Gasteiger partial charge in [-0.2, -0.15) is 13.2 Å². The van der Waals surface area contributed by atoms with Crippen molar-refractivity contribution in [2.45, 2.75) is 6.18 Å². The van der Waals surface area contributed by atoms with Crippen molar-refractivity contribution in [2.24, 2.45) is 0 Å². The summed E-state index contributed by atoms with van der Waals surface area (Å²) in [6, 6.07) is 2.02. The van der Waals surface area contributed by atoms with Crippen molar-refractivity contribution in [3.63, 3.8) is 0 Å². The van der Waals surface area contributed by atoms with Crippen molar-refractivity contribution < 1.29 is 17.6 Å². The Morgan fingerprint density at radius 2 is 1.93 bits per heavy atom. The summed E-state index contributed by atoms with van der Waals surface area (Å²) in [7, 11) is 0. The molecule has 0 saturated heterocycles. The van der Waals surface area contributed by atoms with E-state index in [-0.39, 0.29) is 11.5 Å². The lowest BCUT2D eigenvalue weighted by atomic mass is 10.3. The van der Waals surface area contributed by atoms with Crippen molar-refractivity contribution in [2.75, 3.05) is 0 Å². The minimum Gasteiger partial charge on any atom is -0.442 e. The fourth-order valence-electron chi connectivity index (χ4n) is 0.957. The van der Waals surface area contributed by atoms with Gasteiger partial charge in [0.15, 0.2) is 17.8 Å². The Morgan fingerprint density at radius 3 is 2.40 bits per heavy atom. The molecule has 0 atom stereocenters. The number of alkyl halides is 3. The number of aromatic nitrogens is 3. The lowest BCUT2D eigenvalue weighted by molar-refractivity contribution is -0.141. The van der Waals surface area contributed by atoms with Crippen molar-refractivity contribution >= 4 is 0 Å². The third kappa shape index (κ3) is 1.95. The molecular weight excluding hydrogens is 211 g/mol. The van der Waals surface area contributed by atoms with Crippen LogP contribution < -0.4 is 0 Å². The number of hydrogen-bond acceptors (Lipinski definition) is 4. The fraction of sp³-hybridized carbons (Fsp3) is 0.125. The molecule has 15 heavy (non-hydrogen) atoms. The molecule has 2 aromatic rings. The summed E-state index contributed by atoms with van der Waals surface area (Å²) in [6.07, 6.45) is -1.97. The average Bonchev–Trinajstić information content (AvgIpc) is 2.69. The molecule has 2 heterocycles. The quantitative estimate of drug-likeness (QED) is 0.731. The number of nitrogens with zero attached hydrogens (tertiary/aromatic N) is 3. The first-order chi connectivity index (χ1) is 7.07. The van der Waals surface area contributed by atoms with E-state index >= 15 is 0 Å². The van der Waals surface area contributed by atoms with Crippen molar-refractivity contribution in [1.82, 2.24) is 15.2 Å². The Labute approximate surface area is 81.8 Å². The third-order valence-corrected chi connectivity index (χ3v) is 1.64. The van der Waals surface area contributed by atoms with Gasteiger partial charge in [-0.3, -0.25) is 0 Å². The molecule has 0 aliphatic heterocycles. The van der Waals surface area contributed by atoms with Crippen molar-refractivity contribution in [3.8, 4) is 11.5 Å². The zero-order valence-electron chi connectivity index (χ0n) is 7.19. The van der Waals surface area contributed by atoms with Crippen LogP contribution in [0, 0.1) is 0 Å². The number of hydrogen-bond donors (Lipinski definition) is 0. The van der Waals surface area contributed by atoms with Gasteiger partial charge in [0, 0.05) is 0 Å². The molecule has 0 N–H and O–H groups in total. The minimum absolute atomic E-state index is 0.209. The predicted octanol–water partition coefficient (Wildman–Crippen LogP) is 2.15. The Bertz CT molecular complexity index is 435. The van der Waals surface area contributed by atoms with Gasteiger partial charge in [-0.25, -0.2) is 4.98 Å². The smallest absolute Gasteiger partial charge is 0.435 e. The molecule has 0 fully saturated rings. The molecule has 7 heteroatoms. The van der Waals surface area contributed by atoms with Gasteiger partial charge in [0.1, 0.15) is 5.69 Å². The maximum absolute atomic E-state index is 12.1. The molecule has 78 valence electrons. The summed E-state index contributed by atoms with van der Waals surface area (Å²) < 4.78 is 41.2. The van der Waals surface area contributed by atoms with Gasteiger partial charge < -0.3 is 4.42 Å². The Hall–Kier alpha value is -1.92. The van der Waals surface area contributed by atoms with Crippen LogP contribution in [0.1, 0.15) is 5.69 Å². The summed E-state index contributed by atoms with van der Waals surface area (Å²) in [4.78, 5) is 3.61. The fourth-order valence-corrected chi connectivity index (χ4v) is 0.957. The Balaban J connectivity index is 2.33. The monoisotopic (exact) mass is 215 g/mol. The number of rotatable bonds is 1. The highest BCUT2D eigenvalue weighted by molar-refractivity contribution is 5.49. The van der Waals surface area contributed by atoms with E-state index in [1.807, 2.05) is 0 Å². The van der Waals surface area contributed by atoms with Crippen LogP contribution in [-0.2, 0) is 6.18 Å². The molecule has 0 radical (unpaired) electrons. The molecule has 0 bridgehead atoms. The summed E-state index contributed by atoms with van der Waals surface area (Å²) >= 11 is 0. The second-order valence-corrected chi connectivity index (χ2v) is 2.67. The Kier molecular flexibility index (Phi) is 2.14. The second-order valence-electron chi connectivity index (χ2n) is 2.67. The van der Waals surface area contributed by atoms with Crippen LogP contribution in [0.4, 0.5) is 13.2 Å². The Morgan fingerprint density at radius 1 is 1.13 bits per heavy atom. The molecule has 0 saturated carbocycles. The number of halogens is 3. The summed E-state index contributed by atoms with van der Waals surface area (Å²) in [5, 5.41) is 6.43. The van der Waals surface area contributed by atoms with Crippen molar-refractivity contribution in [3.05, 3.63) is 30.4 Å². The molecule has 4 nitrogen and oxygen atoms in total. The van der Waals surface area contributed by atoms with Crippen molar-refractivity contribution in [1.29, 1.82) is 0 Å². The highest BCUT2D eigenvalue weighted by atomic mass is 19.4. The van der Waals surface area contributed by atoms with E-state index in [0.29, 0.717) is 0 Å². The van der Waals surface area contributed by atoms with E-state index in [9.17, 15) is 13.2 Å². The largest absolute Gasteiger partial charge is 0.442 e. The van der Waals surface area contributed by atoms with Crippen LogP contribution in [0.5, 0.6) is 0 Å². The molecule has 0 unspecified atom stereocenters. The second kappa shape index (κ2) is 3.34. The van der Waals surface area contributed by atoms with Gasteiger partial charge in [0.25, 0.3) is 0 Å². The van der Waals surface area contributed by atoms with E-state index in [2.05, 4.69) is 15.2 Å². The van der Waals surface area contributed by atoms with Gasteiger partial charge in [-0.1, -0.05) is 0 Å². The predicted molar refractivity (Wildman–Crippen MR) is 42.5 cm³/mol. The highest BCUT2D eigenvalue weighted by Crippen LogP contribution is 2.27. The van der Waals surface area contributed by atoms with Gasteiger partial charge in [0.2, 0.25) is 0 Å². The van der Waals surface area contributed by atoms with Crippen LogP contribution in [0.25, 0.3) is 11.5 Å². The van der Waals surface area contributed by atoms with E-state index in [1.165, 1.54) is 12.3 Å². The van der Waals surface area contributed by atoms with Gasteiger partial charge in [-0.05, 0) is 12.1 Å². The molecule has 0 spiro atoms. The first kappa shape index (κ1) is 9.63. The van der Waals surface area contributed by atoms with Crippen LogP contribution in [-0.4, -0.2) is 15.2 Å². The maximum atomic E-state index is 12.1. The summed E-state index contributed by atoms with van der Waals surface area (Å²) in [5.74, 6) is 0.274. The molecule has 0 amide bonds. The molecule has 2 aromatic heterocycles. The van der Waals surface area contributed by atoms with Gasteiger partial charge >= 0.3 is 6.18 Å². The number of oxazole rings is 1. The normalized spacial score (nSPS) is 11.7. The molecular formula is C8H4F3N3O. The van der Waals surface area contributed by atoms with E-state index in [4.69, 9.17) is 4.42 Å². The standard InChI is InChI=1S/C8H4F3N3O/c9-8(10,11)7-2-1-5(13-14-7)6-3-12-4-15-6/h1-4H. The topological polar surface area (TPSA) is 51.8 Å². The first-order valence-electron chi connectivity index (χ1n) is 3.87. The highest BCUT2D eigenvalue weighted by Gasteiger charge is 2.32. The molecule has 0 aromatic carbocycles. The average molecular weight is 215 g/mol. The lowest BCUT2D eigenvalue weighted by Gasteiger charge is -2.03. The van der Waals surface area contributed by atoms with E-state index in [0.717, 1.165) is 12.5 Å². The van der Waals surface area contributed by atoms with Crippen LogP contribution in [0.15, 0.2) is 29.1 Å².